The third-order valence-corrected chi connectivity index (χ3v) is 6.52. The summed E-state index contributed by atoms with van der Waals surface area (Å²) in [5.41, 5.74) is 1.81. The van der Waals surface area contributed by atoms with E-state index in [4.69, 9.17) is 4.74 Å². The number of carbonyl (C=O) groups is 2. The van der Waals surface area contributed by atoms with E-state index in [9.17, 15) is 9.59 Å². The number of hydrogen-bond acceptors (Lipinski definition) is 7. The Bertz CT molecular complexity index is 904. The van der Waals surface area contributed by atoms with Crippen LogP contribution in [-0.4, -0.2) is 78.5 Å². The molecule has 31 heavy (non-hydrogen) atoms. The molecule has 2 heterocycles. The smallest absolute Gasteiger partial charge is 0.240 e. The van der Waals surface area contributed by atoms with Crippen LogP contribution in [0.5, 0.6) is 5.75 Å². The fraction of sp³-hybridized carbons (Fsp3) is 0.500. The van der Waals surface area contributed by atoms with Gasteiger partial charge in [0.2, 0.25) is 11.8 Å². The van der Waals surface area contributed by atoms with E-state index >= 15 is 0 Å². The molecule has 0 radical (unpaired) electrons. The third kappa shape index (κ3) is 5.81. The maximum Gasteiger partial charge on any atom is 0.240 e. The minimum Gasteiger partial charge on any atom is -0.497 e. The first-order valence-corrected chi connectivity index (χ1v) is 11.6. The molecule has 2 fully saturated rings. The molecular weight excluding hydrogens is 414 g/mol. The molecule has 0 bridgehead atoms. The lowest BCUT2D eigenvalue weighted by Gasteiger charge is -2.37. The Hall–Kier alpha value is -2.49. The van der Waals surface area contributed by atoms with Gasteiger partial charge in [-0.05, 0) is 44.0 Å². The summed E-state index contributed by atoms with van der Waals surface area (Å²) in [6, 6.07) is 7.95. The van der Waals surface area contributed by atoms with Crippen molar-refractivity contribution in [3.63, 3.8) is 0 Å². The fourth-order valence-corrected chi connectivity index (χ4v) is 4.35. The van der Waals surface area contributed by atoms with Crippen molar-refractivity contribution >= 4 is 28.3 Å². The van der Waals surface area contributed by atoms with Gasteiger partial charge in [0.05, 0.1) is 25.4 Å². The molecule has 2 aliphatic rings. The summed E-state index contributed by atoms with van der Waals surface area (Å²) >= 11 is 1.42. The summed E-state index contributed by atoms with van der Waals surface area (Å²) in [7, 11) is 1.64. The van der Waals surface area contributed by atoms with E-state index < -0.39 is 0 Å². The van der Waals surface area contributed by atoms with Crippen LogP contribution in [-0.2, 0) is 9.59 Å². The number of amides is 2. The maximum atomic E-state index is 12.5. The van der Waals surface area contributed by atoms with Crippen molar-refractivity contribution < 1.29 is 14.3 Å². The predicted molar refractivity (Wildman–Crippen MR) is 121 cm³/mol. The SMILES string of the molecule is COc1ccc(-c2csc(NC(=O)CN3CCN(C(C)C(=O)NC4CC4)CC3)n2)cc1. The normalized spacial score (nSPS) is 18.4. The molecule has 166 valence electrons. The molecule has 1 unspecified atom stereocenters. The van der Waals surface area contributed by atoms with Crippen molar-refractivity contribution in [1.82, 2.24) is 20.1 Å². The van der Waals surface area contributed by atoms with Gasteiger partial charge in [-0.1, -0.05) is 0 Å². The number of thiazole rings is 1. The van der Waals surface area contributed by atoms with Gasteiger partial charge in [0.1, 0.15) is 5.75 Å². The van der Waals surface area contributed by atoms with Crippen LogP contribution in [0.4, 0.5) is 5.13 Å². The average Bonchev–Trinajstić information content (AvgIpc) is 3.48. The lowest BCUT2D eigenvalue weighted by atomic mass is 10.2. The number of nitrogens with one attached hydrogen (secondary N) is 2. The van der Waals surface area contributed by atoms with Gasteiger partial charge < -0.3 is 15.4 Å². The zero-order valence-corrected chi connectivity index (χ0v) is 18.8. The Morgan fingerprint density at radius 3 is 2.55 bits per heavy atom. The molecule has 0 spiro atoms. The van der Waals surface area contributed by atoms with E-state index in [2.05, 4.69) is 25.4 Å². The second-order valence-corrected chi connectivity index (χ2v) is 8.94. The van der Waals surface area contributed by atoms with Gasteiger partial charge in [0.25, 0.3) is 0 Å². The first kappa shape index (κ1) is 21.7. The molecule has 1 saturated heterocycles. The molecule has 1 aromatic carbocycles. The number of piperazine rings is 1. The first-order valence-electron chi connectivity index (χ1n) is 10.7. The number of methoxy groups -OCH3 is 1. The van der Waals surface area contributed by atoms with Crippen molar-refractivity contribution in [2.75, 3.05) is 45.2 Å². The minimum absolute atomic E-state index is 0.0661. The Kier molecular flexibility index (Phi) is 6.84. The molecule has 2 aromatic rings. The standard InChI is InChI=1S/C22H29N5O3S/c1-15(21(29)23-17-5-6-17)27-11-9-26(10-12-27)13-20(28)25-22-24-19(14-31-22)16-3-7-18(30-2)8-4-16/h3-4,7-8,14-15,17H,5-6,9-13H2,1-2H3,(H,23,29)(H,24,25,28). The van der Waals surface area contributed by atoms with Crippen LogP contribution in [0.15, 0.2) is 29.6 Å². The molecular formula is C22H29N5O3S. The predicted octanol–water partition coefficient (Wildman–Crippen LogP) is 2.04. The van der Waals surface area contributed by atoms with Crippen molar-refractivity contribution in [2.45, 2.75) is 31.8 Å². The number of carbonyl (C=O) groups excluding carboxylic acids is 2. The molecule has 1 aliphatic heterocycles. The zero-order chi connectivity index (χ0) is 21.8. The van der Waals surface area contributed by atoms with E-state index in [-0.39, 0.29) is 17.9 Å². The van der Waals surface area contributed by atoms with E-state index in [1.807, 2.05) is 36.6 Å². The molecule has 1 aliphatic carbocycles. The Labute approximate surface area is 186 Å². The highest BCUT2D eigenvalue weighted by Crippen LogP contribution is 2.26. The molecule has 2 amide bonds. The molecule has 1 atom stereocenters. The number of anilines is 1. The van der Waals surface area contributed by atoms with E-state index in [0.29, 0.717) is 17.7 Å². The topological polar surface area (TPSA) is 86.8 Å². The van der Waals surface area contributed by atoms with Gasteiger partial charge in [-0.15, -0.1) is 11.3 Å². The fourth-order valence-electron chi connectivity index (χ4n) is 3.61. The van der Waals surface area contributed by atoms with Crippen LogP contribution >= 0.6 is 11.3 Å². The van der Waals surface area contributed by atoms with Gasteiger partial charge >= 0.3 is 0 Å². The van der Waals surface area contributed by atoms with Crippen LogP contribution in [0.2, 0.25) is 0 Å². The zero-order valence-electron chi connectivity index (χ0n) is 18.0. The highest BCUT2D eigenvalue weighted by Gasteiger charge is 2.30. The number of ether oxygens (including phenoxy) is 1. The molecule has 2 N–H and O–H groups in total. The second-order valence-electron chi connectivity index (χ2n) is 8.09. The quantitative estimate of drug-likeness (QED) is 0.649. The third-order valence-electron chi connectivity index (χ3n) is 5.76. The largest absolute Gasteiger partial charge is 0.497 e. The number of aromatic nitrogens is 1. The van der Waals surface area contributed by atoms with Crippen LogP contribution < -0.4 is 15.4 Å². The first-order chi connectivity index (χ1) is 15.0. The molecule has 9 heteroatoms. The van der Waals surface area contributed by atoms with E-state index in [0.717, 1.165) is 56.0 Å². The lowest BCUT2D eigenvalue weighted by molar-refractivity contribution is -0.127. The number of hydrogen-bond donors (Lipinski definition) is 2. The van der Waals surface area contributed by atoms with Gasteiger partial charge in [0, 0.05) is 43.2 Å². The maximum absolute atomic E-state index is 12.5. The summed E-state index contributed by atoms with van der Waals surface area (Å²) in [5, 5.41) is 8.51. The van der Waals surface area contributed by atoms with Crippen molar-refractivity contribution in [3.05, 3.63) is 29.6 Å². The van der Waals surface area contributed by atoms with Crippen LogP contribution in [0.3, 0.4) is 0 Å². The Morgan fingerprint density at radius 2 is 1.90 bits per heavy atom. The number of rotatable bonds is 8. The summed E-state index contributed by atoms with van der Waals surface area (Å²) in [5.74, 6) is 0.847. The van der Waals surface area contributed by atoms with Crippen molar-refractivity contribution in [1.29, 1.82) is 0 Å². The summed E-state index contributed by atoms with van der Waals surface area (Å²) in [4.78, 5) is 33.6. The Balaban J connectivity index is 1.22. The number of benzene rings is 1. The number of nitrogens with zero attached hydrogens (tertiary/aromatic N) is 3. The van der Waals surface area contributed by atoms with E-state index in [1.54, 1.807) is 7.11 Å². The molecule has 1 aromatic heterocycles. The monoisotopic (exact) mass is 443 g/mol. The van der Waals surface area contributed by atoms with Crippen molar-refractivity contribution in [3.8, 4) is 17.0 Å². The van der Waals surface area contributed by atoms with Crippen LogP contribution in [0.25, 0.3) is 11.3 Å². The Morgan fingerprint density at radius 1 is 1.19 bits per heavy atom. The summed E-state index contributed by atoms with van der Waals surface area (Å²) in [6.07, 6.45) is 2.20. The molecule has 1 saturated carbocycles. The minimum atomic E-state index is -0.122. The van der Waals surface area contributed by atoms with Gasteiger partial charge in [-0.3, -0.25) is 19.4 Å². The van der Waals surface area contributed by atoms with Crippen LogP contribution in [0, 0.1) is 0 Å². The lowest BCUT2D eigenvalue weighted by Crippen LogP contribution is -2.55. The summed E-state index contributed by atoms with van der Waals surface area (Å²) < 4.78 is 5.18. The highest BCUT2D eigenvalue weighted by atomic mass is 32.1. The molecule has 8 nitrogen and oxygen atoms in total. The van der Waals surface area contributed by atoms with Crippen molar-refractivity contribution in [2.24, 2.45) is 0 Å². The summed E-state index contributed by atoms with van der Waals surface area (Å²) in [6.45, 7) is 5.39. The van der Waals surface area contributed by atoms with Gasteiger partial charge in [0.15, 0.2) is 5.13 Å². The highest BCUT2D eigenvalue weighted by molar-refractivity contribution is 7.14. The second kappa shape index (κ2) is 9.76. The van der Waals surface area contributed by atoms with E-state index in [1.165, 1.54) is 11.3 Å². The molecule has 4 rings (SSSR count). The van der Waals surface area contributed by atoms with Crippen LogP contribution in [0.1, 0.15) is 19.8 Å². The van der Waals surface area contributed by atoms with Gasteiger partial charge in [-0.25, -0.2) is 4.98 Å². The average molecular weight is 444 g/mol. The van der Waals surface area contributed by atoms with Gasteiger partial charge in [-0.2, -0.15) is 0 Å².